The smallest absolute Gasteiger partial charge is 0.888 e. The fourth-order valence-corrected chi connectivity index (χ4v) is 0.964. The van der Waals surface area contributed by atoms with Crippen LogP contribution in [-0.4, -0.2) is 19.1 Å². The third-order valence-corrected chi connectivity index (χ3v) is 1.54. The number of rotatable bonds is 2. The molecule has 0 aliphatic heterocycles. The molecule has 0 radical (unpaired) electrons. The van der Waals surface area contributed by atoms with E-state index in [4.69, 9.17) is 0 Å². The Morgan fingerprint density at radius 3 is 2.27 bits per heavy atom. The van der Waals surface area contributed by atoms with Crippen LogP contribution in [-0.2, 0) is 0 Å². The Bertz CT molecular complexity index is 393. The fourth-order valence-electron chi connectivity index (χ4n) is 0.964. The van der Waals surface area contributed by atoms with Crippen molar-refractivity contribution >= 4 is 12.5 Å². The summed E-state index contributed by atoms with van der Waals surface area (Å²) in [7, 11) is 3.42. The molecule has 0 unspecified atom stereocenters. The van der Waals surface area contributed by atoms with Crippen molar-refractivity contribution in [2.45, 2.75) is 0 Å². The maximum atomic E-state index is 11.4. The first-order chi connectivity index (χ1) is 6.11. The van der Waals surface area contributed by atoms with Gasteiger partial charge in [-0.25, -0.2) is 5.88 Å². The van der Waals surface area contributed by atoms with Crippen molar-refractivity contribution in [3.63, 3.8) is 0 Å². The van der Waals surface area contributed by atoms with Crippen LogP contribution in [0.5, 0.6) is 0 Å². The van der Waals surface area contributed by atoms with Crippen molar-refractivity contribution in [2.75, 3.05) is 14.1 Å². The third kappa shape index (κ3) is 5.37. The molecule has 0 spiro atoms. The molecule has 5 heteroatoms. The summed E-state index contributed by atoms with van der Waals surface area (Å²) in [5.74, 6) is -0.254. The second kappa shape index (κ2) is 7.94. The quantitative estimate of drug-likeness (QED) is 0.343. The topological polar surface area (TPSA) is 40.4 Å². The van der Waals surface area contributed by atoms with Gasteiger partial charge in [0, 0.05) is 0 Å². The molecule has 0 N–H and O–H groups in total. The van der Waals surface area contributed by atoms with E-state index in [0.717, 1.165) is 0 Å². The van der Waals surface area contributed by atoms with E-state index in [-0.39, 0.29) is 43.6 Å². The number of benzene rings is 1. The van der Waals surface area contributed by atoms with Crippen LogP contribution in [0.15, 0.2) is 24.3 Å². The van der Waals surface area contributed by atoms with Crippen LogP contribution < -0.4 is 53.3 Å². The molecular weight excluding hydrogens is 178 g/mol. The number of hydrogen-bond acceptors (Lipinski definition) is 2. The average Bonchev–Trinajstić information content (AvgIpc) is 2.03. The molecule has 3 nitrogen and oxygen atoms in total. The molecule has 1 rings (SSSR count). The second-order valence-electron chi connectivity index (χ2n) is 2.91. The monoisotopic (exact) mass is 190 g/mol. The summed E-state index contributed by atoms with van der Waals surface area (Å²) in [6.45, 7) is 3.75. The molecular formula is C10H12Li2N2O. The van der Waals surface area contributed by atoms with Crippen LogP contribution in [0.4, 0.5) is 0 Å². The minimum Gasteiger partial charge on any atom is -0.888 e. The van der Waals surface area contributed by atoms with Gasteiger partial charge < -0.3 is 15.5 Å². The summed E-state index contributed by atoms with van der Waals surface area (Å²) in [4.78, 5) is 0. The van der Waals surface area contributed by atoms with Gasteiger partial charge in [0.1, 0.15) is 0 Å². The Kier molecular flexibility index (Phi) is 9.06. The number of nitrogens with zero attached hydrogens (tertiary/aromatic N) is 2. The van der Waals surface area contributed by atoms with Crippen molar-refractivity contribution in [3.05, 3.63) is 40.1 Å². The van der Waals surface area contributed by atoms with Crippen LogP contribution in [0.25, 0.3) is 17.9 Å². The first kappa shape index (κ1) is 17.1. The van der Waals surface area contributed by atoms with Gasteiger partial charge >= 0.3 is 37.7 Å². The van der Waals surface area contributed by atoms with Crippen LogP contribution in [0.2, 0.25) is 0 Å². The van der Waals surface area contributed by atoms with E-state index < -0.39 is 0 Å². The molecule has 1 aromatic rings. The van der Waals surface area contributed by atoms with E-state index in [1.54, 1.807) is 32.3 Å². The zero-order chi connectivity index (χ0) is 9.84. The molecule has 1 aromatic carbocycles. The van der Waals surface area contributed by atoms with Gasteiger partial charge in [0.2, 0.25) is 0 Å². The van der Waals surface area contributed by atoms with Gasteiger partial charge in [-0.1, -0.05) is 30.8 Å². The Hall–Kier alpha value is -0.285. The van der Waals surface area contributed by atoms with E-state index in [2.05, 4.69) is 12.0 Å². The Balaban J connectivity index is 0. The molecule has 0 amide bonds. The molecule has 0 aliphatic rings. The Labute approximate surface area is 114 Å². The molecule has 0 fully saturated rings. The number of hydrogen-bond donors (Lipinski definition) is 0. The van der Waals surface area contributed by atoms with E-state index in [0.29, 0.717) is 10.4 Å². The molecule has 0 atom stereocenters. The van der Waals surface area contributed by atoms with Gasteiger partial charge in [-0.2, -0.15) is 0 Å². The standard InChI is InChI=1S/C10H13N2O.2Li/c1-8-6-4-5-7-9(8)10(13)11-12(2)3;;/h4-7,13H,1H2,2-3H3;;/q-1;2*+1/p-1/b10-9-;;. The molecule has 70 valence electrons. The summed E-state index contributed by atoms with van der Waals surface area (Å²) in [6, 6.07) is 7.15. The van der Waals surface area contributed by atoms with Crippen molar-refractivity contribution in [1.29, 1.82) is 0 Å². The van der Waals surface area contributed by atoms with Gasteiger partial charge in [0.05, 0.1) is 0 Å². The van der Waals surface area contributed by atoms with Crippen LogP contribution in [0.3, 0.4) is 0 Å². The average molecular weight is 190 g/mol. The summed E-state index contributed by atoms with van der Waals surface area (Å²) < 4.78 is 0. The Morgan fingerprint density at radius 1 is 1.27 bits per heavy atom. The molecule has 0 aliphatic carbocycles. The van der Waals surface area contributed by atoms with E-state index in [1.807, 2.05) is 6.07 Å². The van der Waals surface area contributed by atoms with Crippen molar-refractivity contribution in [2.24, 2.45) is 0 Å². The molecule has 0 bridgehead atoms. The summed E-state index contributed by atoms with van der Waals surface area (Å²) in [5.41, 5.74) is 3.76. The van der Waals surface area contributed by atoms with Gasteiger partial charge in [-0.05, 0) is 24.5 Å². The second-order valence-corrected chi connectivity index (χ2v) is 2.91. The van der Waals surface area contributed by atoms with Gasteiger partial charge in [0.15, 0.2) is 0 Å². The van der Waals surface area contributed by atoms with E-state index in [9.17, 15) is 5.11 Å². The van der Waals surface area contributed by atoms with Crippen molar-refractivity contribution < 1.29 is 42.8 Å². The van der Waals surface area contributed by atoms with Crippen LogP contribution in [0.1, 0.15) is 0 Å². The molecule has 0 saturated carbocycles. The summed E-state index contributed by atoms with van der Waals surface area (Å²) in [5, 5.41) is 14.2. The SMILES string of the molecule is C=c1cccc/c1=C(/[O-])[N-]N(C)C.[Li+].[Li+]. The molecule has 0 saturated heterocycles. The predicted molar refractivity (Wildman–Crippen MR) is 51.7 cm³/mol. The van der Waals surface area contributed by atoms with Gasteiger partial charge in [-0.15, -0.1) is 0 Å². The molecule has 15 heavy (non-hydrogen) atoms. The first-order valence-electron chi connectivity index (χ1n) is 3.95. The molecule has 0 aromatic heterocycles. The van der Waals surface area contributed by atoms with E-state index >= 15 is 0 Å². The van der Waals surface area contributed by atoms with Gasteiger partial charge in [-0.3, -0.25) is 0 Å². The normalized spacial score (nSPS) is 11.1. The maximum absolute atomic E-state index is 11.4. The summed E-state index contributed by atoms with van der Waals surface area (Å²) >= 11 is 0. The minimum absolute atomic E-state index is 0. The Morgan fingerprint density at radius 2 is 1.80 bits per heavy atom. The predicted octanol–water partition coefficient (Wildman–Crippen LogP) is -6.62. The van der Waals surface area contributed by atoms with E-state index in [1.165, 1.54) is 5.01 Å². The van der Waals surface area contributed by atoms with Crippen molar-refractivity contribution in [3.8, 4) is 0 Å². The maximum Gasteiger partial charge on any atom is 1.00 e. The molecule has 0 heterocycles. The summed E-state index contributed by atoms with van der Waals surface area (Å²) in [6.07, 6.45) is 0. The fraction of sp³-hybridized carbons (Fsp3) is 0.200. The van der Waals surface area contributed by atoms with Gasteiger partial charge in [0.25, 0.3) is 0 Å². The van der Waals surface area contributed by atoms with Crippen LogP contribution >= 0.6 is 0 Å². The first-order valence-corrected chi connectivity index (χ1v) is 3.95. The minimum atomic E-state index is -0.254. The zero-order valence-corrected chi connectivity index (χ0v) is 9.82. The zero-order valence-electron chi connectivity index (χ0n) is 9.82. The largest absolute Gasteiger partial charge is 1.00 e. The third-order valence-electron chi connectivity index (χ3n) is 1.54. The van der Waals surface area contributed by atoms with Crippen LogP contribution in [0, 0.1) is 0 Å². The van der Waals surface area contributed by atoms with Crippen molar-refractivity contribution in [1.82, 2.24) is 5.01 Å².